The minimum atomic E-state index is 1.21. The molecule has 0 spiro atoms. The second-order valence-electron chi connectivity index (χ2n) is 15.9. The number of hydrogen-bond donors (Lipinski definition) is 0. The molecule has 1 aromatic heterocycles. The van der Waals surface area contributed by atoms with Gasteiger partial charge in [-0.2, -0.15) is 0 Å². The molecule has 284 valence electrons. The van der Waals surface area contributed by atoms with Crippen LogP contribution in [0.15, 0.2) is 231 Å². The molecule has 0 amide bonds. The molecule has 0 radical (unpaired) electrons. The van der Waals surface area contributed by atoms with Crippen LogP contribution in [0.1, 0.15) is 0 Å². The van der Waals surface area contributed by atoms with Gasteiger partial charge in [0.1, 0.15) is 0 Å². The Morgan fingerprint density at radius 3 is 1.16 bits per heavy atom. The van der Waals surface area contributed by atoms with Gasteiger partial charge in [-0.15, -0.1) is 11.3 Å². The van der Waals surface area contributed by atoms with Crippen molar-refractivity contribution in [2.24, 2.45) is 0 Å². The van der Waals surface area contributed by atoms with Crippen molar-refractivity contribution >= 4 is 64.5 Å². The smallest absolute Gasteiger partial charge is 0.0446 e. The summed E-state index contributed by atoms with van der Waals surface area (Å²) in [7, 11) is 0. The highest BCUT2D eigenvalue weighted by Crippen LogP contribution is 2.54. The second kappa shape index (κ2) is 14.6. The lowest BCUT2D eigenvalue weighted by atomic mass is 9.85. The van der Waals surface area contributed by atoms with Crippen LogP contribution in [0.3, 0.4) is 0 Å². The van der Waals surface area contributed by atoms with E-state index in [2.05, 4.69) is 231 Å². The third-order valence-electron chi connectivity index (χ3n) is 12.4. The summed E-state index contributed by atoms with van der Waals surface area (Å²) in [5, 5.41) is 11.4. The zero-order valence-corrected chi connectivity index (χ0v) is 34.2. The number of benzene rings is 11. The highest BCUT2D eigenvalue weighted by Gasteiger charge is 2.25. The van der Waals surface area contributed by atoms with Crippen LogP contribution >= 0.6 is 11.3 Å². The summed E-state index contributed by atoms with van der Waals surface area (Å²) in [5.41, 5.74) is 13.8. The van der Waals surface area contributed by atoms with Gasteiger partial charge in [0, 0.05) is 26.1 Å². The lowest BCUT2D eigenvalue weighted by Gasteiger charge is -2.18. The third-order valence-corrected chi connectivity index (χ3v) is 13.7. The van der Waals surface area contributed by atoms with E-state index in [-0.39, 0.29) is 0 Å². The minimum Gasteiger partial charge on any atom is -0.134 e. The van der Waals surface area contributed by atoms with E-state index >= 15 is 0 Å². The molecule has 0 bridgehead atoms. The lowest BCUT2D eigenvalue weighted by Crippen LogP contribution is -1.91. The Hall–Kier alpha value is -7.58. The molecule has 0 atom stereocenters. The minimum absolute atomic E-state index is 1.21. The Bertz CT molecular complexity index is 3540. The maximum absolute atomic E-state index is 2.36. The standard InChI is InChI=1S/C60H38S/c1-4-19-40(20-5-1)55-51-30-16-17-31-52(51)58-57(42-23-8-3-9-24-42)59(61-60(58)56(55)41-21-6-2-7-22-41)44-35-33-43(34-36-44)53-47-26-12-14-28-49(47)54(50-29-15-13-27-48(50)53)46-37-32-39-18-10-11-25-45(39)38-46/h1-38H. The van der Waals surface area contributed by atoms with Gasteiger partial charge in [0.2, 0.25) is 0 Å². The summed E-state index contributed by atoms with van der Waals surface area (Å²) in [5.74, 6) is 0. The predicted molar refractivity (Wildman–Crippen MR) is 264 cm³/mol. The van der Waals surface area contributed by atoms with Gasteiger partial charge in [-0.25, -0.2) is 0 Å². The second-order valence-corrected chi connectivity index (χ2v) is 16.9. The molecule has 0 aliphatic rings. The molecule has 1 heterocycles. The largest absolute Gasteiger partial charge is 0.134 e. The van der Waals surface area contributed by atoms with E-state index in [9.17, 15) is 0 Å². The summed E-state index contributed by atoms with van der Waals surface area (Å²) in [6, 6.07) is 84.8. The number of hydrogen-bond acceptors (Lipinski definition) is 1. The molecule has 12 aromatic rings. The molecule has 11 aromatic carbocycles. The molecule has 0 fully saturated rings. The molecule has 0 aliphatic carbocycles. The molecule has 0 aliphatic heterocycles. The molecule has 1 heteroatoms. The van der Waals surface area contributed by atoms with E-state index in [1.54, 1.807) is 0 Å². The maximum atomic E-state index is 2.36. The van der Waals surface area contributed by atoms with Gasteiger partial charge in [-0.3, -0.25) is 0 Å². The van der Waals surface area contributed by atoms with E-state index in [0.717, 1.165) is 0 Å². The Morgan fingerprint density at radius 2 is 0.607 bits per heavy atom. The molecule has 0 N–H and O–H groups in total. The fourth-order valence-electron chi connectivity index (χ4n) is 9.78. The average Bonchev–Trinajstić information content (AvgIpc) is 3.74. The zero-order chi connectivity index (χ0) is 40.3. The summed E-state index contributed by atoms with van der Waals surface area (Å²) < 4.78 is 1.31. The number of rotatable bonds is 6. The fraction of sp³-hybridized carbons (Fsp3) is 0. The molecular formula is C60H38S. The van der Waals surface area contributed by atoms with Crippen molar-refractivity contribution in [1.82, 2.24) is 0 Å². The first-order valence-electron chi connectivity index (χ1n) is 21.0. The first kappa shape index (κ1) is 35.4. The molecule has 0 saturated heterocycles. The van der Waals surface area contributed by atoms with Gasteiger partial charge in [-0.05, 0) is 99.2 Å². The maximum Gasteiger partial charge on any atom is 0.0446 e. The highest BCUT2D eigenvalue weighted by atomic mass is 32.1. The summed E-state index contributed by atoms with van der Waals surface area (Å²) in [6.07, 6.45) is 0. The molecule has 0 nitrogen and oxygen atoms in total. The summed E-state index contributed by atoms with van der Waals surface area (Å²) in [6.45, 7) is 0. The SMILES string of the molecule is c1ccc(-c2c(-c3ccccc3)c3sc(-c4ccc(-c5c6ccccc6c(-c6ccc7ccccc7c6)c6ccccc56)cc4)c(-c4ccccc4)c3c3ccccc23)cc1. The lowest BCUT2D eigenvalue weighted by molar-refractivity contribution is 1.63. The molecule has 12 rings (SSSR count). The van der Waals surface area contributed by atoms with Crippen LogP contribution in [-0.4, -0.2) is 0 Å². The summed E-state index contributed by atoms with van der Waals surface area (Å²) in [4.78, 5) is 1.28. The monoisotopic (exact) mass is 790 g/mol. The average molecular weight is 791 g/mol. The van der Waals surface area contributed by atoms with Gasteiger partial charge in [0.05, 0.1) is 0 Å². The van der Waals surface area contributed by atoms with Crippen LogP contribution in [0.2, 0.25) is 0 Å². The molecule has 0 saturated carbocycles. The van der Waals surface area contributed by atoms with Crippen molar-refractivity contribution in [1.29, 1.82) is 0 Å². The van der Waals surface area contributed by atoms with E-state index in [1.807, 2.05) is 11.3 Å². The van der Waals surface area contributed by atoms with Crippen LogP contribution in [0.25, 0.3) is 119 Å². The van der Waals surface area contributed by atoms with Crippen LogP contribution in [0.5, 0.6) is 0 Å². The first-order chi connectivity index (χ1) is 30.3. The van der Waals surface area contributed by atoms with Gasteiger partial charge < -0.3 is 0 Å². The third kappa shape index (κ3) is 5.81. The number of thiophene rings is 1. The predicted octanol–water partition coefficient (Wildman–Crippen LogP) is 17.5. The quantitative estimate of drug-likeness (QED) is 0.147. The van der Waals surface area contributed by atoms with Gasteiger partial charge in [-0.1, -0.05) is 224 Å². The normalized spacial score (nSPS) is 11.6. The van der Waals surface area contributed by atoms with Crippen molar-refractivity contribution in [3.8, 4) is 66.1 Å². The van der Waals surface area contributed by atoms with Crippen molar-refractivity contribution in [2.45, 2.75) is 0 Å². The van der Waals surface area contributed by atoms with E-state index in [1.165, 1.54) is 119 Å². The molecule has 61 heavy (non-hydrogen) atoms. The van der Waals surface area contributed by atoms with Crippen molar-refractivity contribution in [3.05, 3.63) is 231 Å². The van der Waals surface area contributed by atoms with Crippen LogP contribution in [-0.2, 0) is 0 Å². The van der Waals surface area contributed by atoms with Crippen molar-refractivity contribution in [2.75, 3.05) is 0 Å². The Balaban J connectivity index is 1.11. The topological polar surface area (TPSA) is 0 Å². The van der Waals surface area contributed by atoms with E-state index in [4.69, 9.17) is 0 Å². The number of fused-ring (bicyclic) bond motifs is 6. The zero-order valence-electron chi connectivity index (χ0n) is 33.3. The van der Waals surface area contributed by atoms with Crippen LogP contribution in [0.4, 0.5) is 0 Å². The first-order valence-corrected chi connectivity index (χ1v) is 21.8. The Labute approximate surface area is 359 Å². The molecular weight excluding hydrogens is 753 g/mol. The van der Waals surface area contributed by atoms with E-state index < -0.39 is 0 Å². The molecule has 0 unspecified atom stereocenters. The Kier molecular flexibility index (Phi) is 8.47. The van der Waals surface area contributed by atoms with E-state index in [0.29, 0.717) is 0 Å². The van der Waals surface area contributed by atoms with Gasteiger partial charge in [0.25, 0.3) is 0 Å². The van der Waals surface area contributed by atoms with Crippen LogP contribution < -0.4 is 0 Å². The highest BCUT2D eigenvalue weighted by molar-refractivity contribution is 7.24. The Morgan fingerprint density at radius 1 is 0.230 bits per heavy atom. The van der Waals surface area contributed by atoms with Gasteiger partial charge in [0.15, 0.2) is 0 Å². The van der Waals surface area contributed by atoms with Crippen molar-refractivity contribution in [3.63, 3.8) is 0 Å². The van der Waals surface area contributed by atoms with Gasteiger partial charge >= 0.3 is 0 Å². The van der Waals surface area contributed by atoms with Crippen LogP contribution in [0, 0.1) is 0 Å². The van der Waals surface area contributed by atoms with Crippen molar-refractivity contribution < 1.29 is 0 Å². The summed E-state index contributed by atoms with van der Waals surface area (Å²) >= 11 is 1.92. The fourth-order valence-corrected chi connectivity index (χ4v) is 11.2.